The second-order valence-electron chi connectivity index (χ2n) is 11.7. The van der Waals surface area contributed by atoms with E-state index in [4.69, 9.17) is 9.84 Å². The SMILES string of the molecule is CC(C)(C)OC(=O)N1CCC(n2cc(Nc3ncc(C(F)(F)F)[c]([Sn]([CH3])([CH3])[CH3])n3)c(C3CC3)n2)CC1. The molecule has 0 bridgehead atoms. The zero-order valence-electron chi connectivity index (χ0n) is 21.7. The van der Waals surface area contributed by atoms with Gasteiger partial charge in [0.15, 0.2) is 0 Å². The van der Waals surface area contributed by atoms with E-state index in [0.29, 0.717) is 19.0 Å². The summed E-state index contributed by atoms with van der Waals surface area (Å²) in [5.74, 6) is 0.497. The van der Waals surface area contributed by atoms with Crippen LogP contribution in [0.1, 0.15) is 69.7 Å². The summed E-state index contributed by atoms with van der Waals surface area (Å²) in [6.07, 6.45) is 1.56. The number of likely N-dealkylation sites (tertiary alicyclic amines) is 1. The van der Waals surface area contributed by atoms with Gasteiger partial charge in [-0.15, -0.1) is 0 Å². The Morgan fingerprint density at radius 3 is 2.28 bits per heavy atom. The molecule has 2 fully saturated rings. The summed E-state index contributed by atoms with van der Waals surface area (Å²) in [5.41, 5.74) is 0.370. The van der Waals surface area contributed by atoms with Crippen molar-refractivity contribution in [2.45, 2.75) is 85.0 Å². The molecule has 2 aliphatic rings. The van der Waals surface area contributed by atoms with Crippen LogP contribution in [0.25, 0.3) is 0 Å². The van der Waals surface area contributed by atoms with Gasteiger partial charge in [0.2, 0.25) is 0 Å². The van der Waals surface area contributed by atoms with Crippen molar-refractivity contribution in [2.75, 3.05) is 18.4 Å². The number of carbonyl (C=O) groups is 1. The van der Waals surface area contributed by atoms with E-state index in [0.717, 1.165) is 43.3 Å². The molecule has 1 amide bonds. The summed E-state index contributed by atoms with van der Waals surface area (Å²) in [7, 11) is 0. The number of carbonyl (C=O) groups excluding carboxylic acids is 1. The topological polar surface area (TPSA) is 85.2 Å². The monoisotopic (exact) mass is 616 g/mol. The number of nitrogens with zero attached hydrogens (tertiary/aromatic N) is 5. The predicted molar refractivity (Wildman–Crippen MR) is 134 cm³/mol. The molecule has 12 heteroatoms. The number of ether oxygens (including phenoxy) is 1. The molecule has 0 spiro atoms. The fourth-order valence-corrected chi connectivity index (χ4v) is 8.48. The normalized spacial score (nSPS) is 17.9. The Hall–Kier alpha value is -2.05. The maximum absolute atomic E-state index is 13.6. The molecule has 0 unspecified atom stereocenters. The van der Waals surface area contributed by atoms with Crippen molar-refractivity contribution in [3.05, 3.63) is 23.7 Å². The number of alkyl halides is 3. The van der Waals surface area contributed by atoms with Gasteiger partial charge in [-0.3, -0.25) is 0 Å². The second kappa shape index (κ2) is 9.68. The third kappa shape index (κ3) is 6.44. The van der Waals surface area contributed by atoms with Crippen molar-refractivity contribution in [2.24, 2.45) is 0 Å². The first-order valence-electron chi connectivity index (χ1n) is 12.4. The van der Waals surface area contributed by atoms with Gasteiger partial charge >= 0.3 is 178 Å². The molecule has 198 valence electrons. The van der Waals surface area contributed by atoms with Crippen LogP contribution in [0.4, 0.5) is 29.6 Å². The van der Waals surface area contributed by atoms with Gasteiger partial charge in [-0.05, 0) is 20.8 Å². The van der Waals surface area contributed by atoms with Gasteiger partial charge in [-0.25, -0.2) is 4.79 Å². The molecule has 36 heavy (non-hydrogen) atoms. The fourth-order valence-electron chi connectivity index (χ4n) is 4.33. The van der Waals surface area contributed by atoms with Gasteiger partial charge in [-0.1, -0.05) is 0 Å². The molecular weight excluding hydrogens is 580 g/mol. The molecule has 0 atom stereocenters. The minimum absolute atomic E-state index is 0.117. The van der Waals surface area contributed by atoms with Crippen LogP contribution >= 0.6 is 0 Å². The molecule has 1 aliphatic heterocycles. The first-order chi connectivity index (χ1) is 16.6. The molecule has 0 aromatic carbocycles. The van der Waals surface area contributed by atoms with E-state index in [1.165, 1.54) is 0 Å². The quantitative estimate of drug-likeness (QED) is 0.452. The Morgan fingerprint density at radius 1 is 1.11 bits per heavy atom. The standard InChI is InChI=1S/C21H26F3N6O2.3CH3.Sn/c1-20(2,3)32-19(31)29-8-6-15(7-9-29)30-12-16(17(28-30)13-4-5-13)27-18-25-10-14(11-26-18)21(22,23)24;;;;/h10,12-13,15H,4-9H2,1-3H3,(H,25,26,27);3*1H3;. The average molecular weight is 615 g/mol. The van der Waals surface area contributed by atoms with Crippen LogP contribution in [0.5, 0.6) is 0 Å². The van der Waals surface area contributed by atoms with Crippen LogP contribution in [-0.4, -0.2) is 67.8 Å². The molecule has 1 aliphatic carbocycles. The number of hydrogen-bond donors (Lipinski definition) is 1. The Bertz CT molecular complexity index is 1110. The van der Waals surface area contributed by atoms with Crippen molar-refractivity contribution in [1.82, 2.24) is 24.6 Å². The summed E-state index contributed by atoms with van der Waals surface area (Å²) >= 11 is -3.19. The van der Waals surface area contributed by atoms with Gasteiger partial charge in [-0.2, -0.15) is 0 Å². The molecule has 1 saturated heterocycles. The van der Waals surface area contributed by atoms with Crippen LogP contribution in [0.3, 0.4) is 0 Å². The molecule has 0 radical (unpaired) electrons. The predicted octanol–water partition coefficient (Wildman–Crippen LogP) is 5.43. The van der Waals surface area contributed by atoms with Gasteiger partial charge in [0, 0.05) is 0 Å². The second-order valence-corrected chi connectivity index (χ2v) is 25.9. The summed E-state index contributed by atoms with van der Waals surface area (Å²) < 4.78 is 48.3. The molecule has 2 aromatic rings. The molecule has 1 N–H and O–H groups in total. The van der Waals surface area contributed by atoms with E-state index in [-0.39, 0.29) is 21.8 Å². The Balaban J connectivity index is 1.52. The molecule has 4 rings (SSSR count). The number of aromatic nitrogens is 4. The zero-order valence-corrected chi connectivity index (χ0v) is 24.6. The molecule has 1 saturated carbocycles. The van der Waals surface area contributed by atoms with Gasteiger partial charge in [0.1, 0.15) is 5.60 Å². The zero-order chi connectivity index (χ0) is 26.5. The molecule has 2 aromatic heterocycles. The number of halogens is 3. The molecular formula is C24H35F3N6O2Sn. The fraction of sp³-hybridized carbons (Fsp3) is 0.667. The van der Waals surface area contributed by atoms with E-state index < -0.39 is 35.7 Å². The van der Waals surface area contributed by atoms with Gasteiger partial charge in [0.05, 0.1) is 0 Å². The van der Waals surface area contributed by atoms with E-state index in [2.05, 4.69) is 15.3 Å². The van der Waals surface area contributed by atoms with E-state index in [9.17, 15) is 18.0 Å². The van der Waals surface area contributed by atoms with E-state index >= 15 is 0 Å². The Labute approximate surface area is 213 Å². The van der Waals surface area contributed by atoms with Gasteiger partial charge < -0.3 is 4.74 Å². The van der Waals surface area contributed by atoms with Crippen LogP contribution in [0.2, 0.25) is 14.8 Å². The Kier molecular flexibility index (Phi) is 7.26. The number of nitrogens with one attached hydrogen (secondary N) is 1. The van der Waals surface area contributed by atoms with Crippen LogP contribution in [0, 0.1) is 0 Å². The number of piperidine rings is 1. The minimum atomic E-state index is -4.48. The van der Waals surface area contributed by atoms with Crippen molar-refractivity contribution >= 4 is 39.8 Å². The number of anilines is 2. The molecule has 8 nitrogen and oxygen atoms in total. The third-order valence-electron chi connectivity index (χ3n) is 6.27. The first-order valence-corrected chi connectivity index (χ1v) is 22.4. The number of hydrogen-bond acceptors (Lipinski definition) is 6. The van der Waals surface area contributed by atoms with Crippen LogP contribution < -0.4 is 9.03 Å². The summed E-state index contributed by atoms with van der Waals surface area (Å²) in [6, 6.07) is 0.117. The van der Waals surface area contributed by atoms with E-state index in [1.54, 1.807) is 4.90 Å². The summed E-state index contributed by atoms with van der Waals surface area (Å²) in [5, 5.41) is 8.02. The van der Waals surface area contributed by atoms with Crippen LogP contribution in [0.15, 0.2) is 12.4 Å². The van der Waals surface area contributed by atoms with Crippen molar-refractivity contribution in [3.8, 4) is 0 Å². The van der Waals surface area contributed by atoms with Crippen molar-refractivity contribution in [1.29, 1.82) is 0 Å². The van der Waals surface area contributed by atoms with Gasteiger partial charge in [0.25, 0.3) is 0 Å². The van der Waals surface area contributed by atoms with Crippen molar-refractivity contribution < 1.29 is 22.7 Å². The first kappa shape index (κ1) is 27.0. The molecule has 3 heterocycles. The maximum atomic E-state index is 13.6. The average Bonchev–Trinajstić information content (AvgIpc) is 3.51. The third-order valence-corrected chi connectivity index (χ3v) is 11.4. The van der Waals surface area contributed by atoms with Crippen molar-refractivity contribution in [3.63, 3.8) is 0 Å². The number of rotatable bonds is 5. The summed E-state index contributed by atoms with van der Waals surface area (Å²) in [4.78, 5) is 28.2. The number of amides is 1. The Morgan fingerprint density at radius 2 is 1.75 bits per heavy atom. The summed E-state index contributed by atoms with van der Waals surface area (Å²) in [6.45, 7) is 6.70. The van der Waals surface area contributed by atoms with E-state index in [1.807, 2.05) is 46.5 Å². The van der Waals surface area contributed by atoms with Crippen LogP contribution in [-0.2, 0) is 10.9 Å².